The average molecular weight is 467 g/mol. The Morgan fingerprint density at radius 3 is 2.59 bits per heavy atom. The minimum atomic E-state index is -0.659. The fourth-order valence-corrected chi connectivity index (χ4v) is 3.71. The van der Waals surface area contributed by atoms with Crippen LogP contribution in [-0.4, -0.2) is 21.6 Å². The number of nitro groups is 1. The number of halogens is 2. The summed E-state index contributed by atoms with van der Waals surface area (Å²) in [4.78, 5) is 22.9. The molecule has 0 aliphatic heterocycles. The van der Waals surface area contributed by atoms with Gasteiger partial charge in [0.2, 0.25) is 0 Å². The van der Waals surface area contributed by atoms with Crippen molar-refractivity contribution in [2.45, 2.75) is 6.54 Å². The summed E-state index contributed by atoms with van der Waals surface area (Å²) in [5.74, 6) is -0.659. The largest absolute Gasteiger partial charge is 0.342 e. The third-order valence-corrected chi connectivity index (χ3v) is 5.61. The van der Waals surface area contributed by atoms with Crippen molar-refractivity contribution in [3.63, 3.8) is 0 Å². The van der Waals surface area contributed by atoms with Crippen LogP contribution in [0.4, 0.5) is 5.69 Å². The molecule has 160 valence electrons. The number of carbonyl (C=O) groups is 1. The summed E-state index contributed by atoms with van der Waals surface area (Å²) in [5.41, 5.74) is 4.76. The lowest BCUT2D eigenvalue weighted by atomic mass is 10.2. The van der Waals surface area contributed by atoms with E-state index in [1.165, 1.54) is 24.4 Å². The van der Waals surface area contributed by atoms with E-state index in [1.54, 1.807) is 12.1 Å². The summed E-state index contributed by atoms with van der Waals surface area (Å²) in [6.07, 6.45) is 3.42. The van der Waals surface area contributed by atoms with Crippen LogP contribution in [0.2, 0.25) is 10.0 Å². The van der Waals surface area contributed by atoms with E-state index in [2.05, 4.69) is 10.5 Å². The van der Waals surface area contributed by atoms with Crippen molar-refractivity contribution in [2.24, 2.45) is 5.10 Å². The van der Waals surface area contributed by atoms with Crippen LogP contribution in [0.25, 0.3) is 10.9 Å². The summed E-state index contributed by atoms with van der Waals surface area (Å²) in [6, 6.07) is 19.0. The minimum absolute atomic E-state index is 0.0586. The smallest absolute Gasteiger partial charge is 0.282 e. The van der Waals surface area contributed by atoms with Crippen molar-refractivity contribution in [3.8, 4) is 0 Å². The van der Waals surface area contributed by atoms with Gasteiger partial charge in [-0.1, -0.05) is 59.6 Å². The maximum Gasteiger partial charge on any atom is 0.282 e. The third-order valence-electron chi connectivity index (χ3n) is 4.87. The van der Waals surface area contributed by atoms with E-state index >= 15 is 0 Å². The fraction of sp³-hybridized carbons (Fsp3) is 0.0435. The van der Waals surface area contributed by atoms with Gasteiger partial charge in [0.05, 0.1) is 21.2 Å². The summed E-state index contributed by atoms with van der Waals surface area (Å²) in [6.45, 7) is 0.563. The second kappa shape index (κ2) is 9.21. The van der Waals surface area contributed by atoms with Gasteiger partial charge < -0.3 is 4.57 Å². The predicted octanol–water partition coefficient (Wildman–Crippen LogP) is 5.67. The van der Waals surface area contributed by atoms with E-state index in [9.17, 15) is 14.9 Å². The number of nitrogens with one attached hydrogen (secondary N) is 1. The molecule has 1 aromatic heterocycles. The Labute approximate surface area is 193 Å². The molecule has 0 aliphatic rings. The van der Waals surface area contributed by atoms with Gasteiger partial charge in [-0.25, -0.2) is 5.43 Å². The van der Waals surface area contributed by atoms with Crippen LogP contribution in [0, 0.1) is 10.1 Å². The molecular weight excluding hydrogens is 451 g/mol. The SMILES string of the molecule is O=C(N/N=C\c1cn(Cc2ccc(Cl)c(Cl)c2)c2ccccc12)c1ccccc1[N+](=O)[O-]. The lowest BCUT2D eigenvalue weighted by Gasteiger charge is -2.06. The highest BCUT2D eigenvalue weighted by atomic mass is 35.5. The Bertz CT molecular complexity index is 1360. The molecule has 3 aromatic carbocycles. The first-order valence-corrected chi connectivity index (χ1v) is 10.3. The number of hydrogen-bond acceptors (Lipinski definition) is 4. The maximum atomic E-state index is 12.4. The Hall–Kier alpha value is -3.68. The Kier molecular flexibility index (Phi) is 6.20. The maximum absolute atomic E-state index is 12.4. The predicted molar refractivity (Wildman–Crippen MR) is 126 cm³/mol. The number of rotatable bonds is 6. The molecule has 0 radical (unpaired) electrons. The zero-order valence-corrected chi connectivity index (χ0v) is 18.0. The zero-order valence-electron chi connectivity index (χ0n) is 16.5. The minimum Gasteiger partial charge on any atom is -0.342 e. The second-order valence-electron chi connectivity index (χ2n) is 6.95. The van der Waals surface area contributed by atoms with Gasteiger partial charge in [0.25, 0.3) is 11.6 Å². The van der Waals surface area contributed by atoms with Crippen LogP contribution in [0.5, 0.6) is 0 Å². The summed E-state index contributed by atoms with van der Waals surface area (Å²) in [7, 11) is 0. The zero-order chi connectivity index (χ0) is 22.7. The van der Waals surface area contributed by atoms with Crippen molar-refractivity contribution in [1.29, 1.82) is 0 Å². The quantitative estimate of drug-likeness (QED) is 0.225. The Morgan fingerprint density at radius 1 is 1.06 bits per heavy atom. The number of carbonyl (C=O) groups excluding carboxylic acids is 1. The lowest BCUT2D eigenvalue weighted by molar-refractivity contribution is -0.385. The average Bonchev–Trinajstić information content (AvgIpc) is 3.13. The molecule has 0 bridgehead atoms. The van der Waals surface area contributed by atoms with Crippen molar-refractivity contribution < 1.29 is 9.72 Å². The first-order chi connectivity index (χ1) is 15.4. The van der Waals surface area contributed by atoms with Gasteiger partial charge in [-0.05, 0) is 29.8 Å². The molecular formula is C23H16Cl2N4O3. The summed E-state index contributed by atoms with van der Waals surface area (Å²) in [5, 5.41) is 17.1. The van der Waals surface area contributed by atoms with Gasteiger partial charge in [-0.15, -0.1) is 0 Å². The summed E-state index contributed by atoms with van der Waals surface area (Å²) >= 11 is 12.1. The van der Waals surface area contributed by atoms with Crippen LogP contribution >= 0.6 is 23.2 Å². The van der Waals surface area contributed by atoms with E-state index in [0.717, 1.165) is 22.0 Å². The number of hydrazone groups is 1. The monoisotopic (exact) mass is 466 g/mol. The third kappa shape index (κ3) is 4.49. The van der Waals surface area contributed by atoms with Crippen LogP contribution in [0.15, 0.2) is 78.0 Å². The van der Waals surface area contributed by atoms with Crippen LogP contribution in [-0.2, 0) is 6.54 Å². The molecule has 9 heteroatoms. The summed E-state index contributed by atoms with van der Waals surface area (Å²) < 4.78 is 2.04. The number of benzene rings is 3. The van der Waals surface area contributed by atoms with E-state index in [4.69, 9.17) is 23.2 Å². The van der Waals surface area contributed by atoms with Gasteiger partial charge in [-0.3, -0.25) is 14.9 Å². The number of para-hydroxylation sites is 2. The van der Waals surface area contributed by atoms with E-state index in [-0.39, 0.29) is 11.3 Å². The molecule has 1 N–H and O–H groups in total. The second-order valence-corrected chi connectivity index (χ2v) is 7.77. The molecule has 0 saturated heterocycles. The first-order valence-electron chi connectivity index (χ1n) is 9.52. The van der Waals surface area contributed by atoms with Gasteiger partial charge in [0, 0.05) is 35.3 Å². The molecule has 4 aromatic rings. The number of amides is 1. The Morgan fingerprint density at radius 2 is 1.81 bits per heavy atom. The van der Waals surface area contributed by atoms with Crippen molar-refractivity contribution >= 4 is 51.9 Å². The van der Waals surface area contributed by atoms with E-state index < -0.39 is 10.8 Å². The van der Waals surface area contributed by atoms with E-state index in [0.29, 0.717) is 16.6 Å². The lowest BCUT2D eigenvalue weighted by Crippen LogP contribution is -2.18. The Balaban J connectivity index is 1.58. The number of fused-ring (bicyclic) bond motifs is 1. The fourth-order valence-electron chi connectivity index (χ4n) is 3.39. The van der Waals surface area contributed by atoms with Crippen LogP contribution in [0.3, 0.4) is 0 Å². The molecule has 0 saturated carbocycles. The number of hydrogen-bond donors (Lipinski definition) is 1. The van der Waals surface area contributed by atoms with Gasteiger partial charge in [0.15, 0.2) is 0 Å². The highest BCUT2D eigenvalue weighted by Gasteiger charge is 2.18. The van der Waals surface area contributed by atoms with Crippen molar-refractivity contribution in [1.82, 2.24) is 9.99 Å². The molecule has 1 amide bonds. The topological polar surface area (TPSA) is 89.5 Å². The van der Waals surface area contributed by atoms with Crippen LogP contribution < -0.4 is 5.43 Å². The first kappa shape index (κ1) is 21.5. The number of aromatic nitrogens is 1. The molecule has 32 heavy (non-hydrogen) atoms. The molecule has 0 atom stereocenters. The number of nitrogens with zero attached hydrogens (tertiary/aromatic N) is 3. The van der Waals surface area contributed by atoms with Crippen molar-refractivity contribution in [3.05, 3.63) is 110 Å². The van der Waals surface area contributed by atoms with Gasteiger partial charge >= 0.3 is 0 Å². The molecule has 1 heterocycles. The normalized spacial score (nSPS) is 11.2. The molecule has 4 rings (SSSR count). The van der Waals surface area contributed by atoms with Crippen molar-refractivity contribution in [2.75, 3.05) is 0 Å². The molecule has 0 unspecified atom stereocenters. The molecule has 7 nitrogen and oxygen atoms in total. The van der Waals surface area contributed by atoms with Gasteiger partial charge in [-0.2, -0.15) is 5.10 Å². The molecule has 0 spiro atoms. The van der Waals surface area contributed by atoms with Crippen LogP contribution in [0.1, 0.15) is 21.5 Å². The number of nitro benzene ring substituents is 1. The molecule has 0 fully saturated rings. The molecule has 0 aliphatic carbocycles. The van der Waals surface area contributed by atoms with Gasteiger partial charge in [0.1, 0.15) is 5.56 Å². The standard InChI is InChI=1S/C23H16Cl2N4O3/c24-19-10-9-15(11-20(19)25)13-28-14-16(17-5-1-3-7-21(17)28)12-26-27-23(30)18-6-2-4-8-22(18)29(31)32/h1-12,14H,13H2,(H,27,30)/b26-12-. The van der Waals surface area contributed by atoms with E-state index in [1.807, 2.05) is 47.2 Å². The highest BCUT2D eigenvalue weighted by Crippen LogP contribution is 2.25. The highest BCUT2D eigenvalue weighted by molar-refractivity contribution is 6.42.